The summed E-state index contributed by atoms with van der Waals surface area (Å²) in [4.78, 5) is 30.3. The molecule has 3 rings (SSSR count). The Balaban J connectivity index is 1.49. The van der Waals surface area contributed by atoms with Crippen LogP contribution in [0.15, 0.2) is 24.0 Å². The van der Waals surface area contributed by atoms with E-state index in [1.165, 1.54) is 4.88 Å². The number of amides is 1. The van der Waals surface area contributed by atoms with Crippen LogP contribution in [-0.2, 0) is 11.2 Å². The molecule has 0 aliphatic carbocycles. The summed E-state index contributed by atoms with van der Waals surface area (Å²) < 4.78 is 0. The number of carbonyl (C=O) groups is 1. The first-order valence-corrected chi connectivity index (χ1v) is 8.30. The number of hydrogen-bond acceptors (Lipinski definition) is 6. The lowest BCUT2D eigenvalue weighted by Gasteiger charge is -2.34. The predicted molar refractivity (Wildman–Crippen MR) is 86.0 cm³/mol. The molecule has 22 heavy (non-hydrogen) atoms. The van der Waals surface area contributed by atoms with Gasteiger partial charge in [-0.1, -0.05) is 0 Å². The summed E-state index contributed by atoms with van der Waals surface area (Å²) in [5.41, 5.74) is 2.89. The molecule has 7 heteroatoms. The monoisotopic (exact) mass is 317 g/mol. The highest BCUT2D eigenvalue weighted by Crippen LogP contribution is 2.16. The fourth-order valence-corrected chi connectivity index (χ4v) is 3.34. The van der Waals surface area contributed by atoms with Crippen LogP contribution < -0.4 is 4.90 Å². The van der Waals surface area contributed by atoms with Crippen LogP contribution in [0.25, 0.3) is 0 Å². The lowest BCUT2D eigenvalue weighted by atomic mass is 10.2. The summed E-state index contributed by atoms with van der Waals surface area (Å²) >= 11 is 1.63. The van der Waals surface area contributed by atoms with Gasteiger partial charge in [0.05, 0.1) is 11.2 Å². The smallest absolute Gasteiger partial charge is 0.225 e. The molecular weight excluding hydrogens is 298 g/mol. The maximum Gasteiger partial charge on any atom is 0.225 e. The van der Waals surface area contributed by atoms with Gasteiger partial charge in [-0.3, -0.25) is 4.79 Å². The molecule has 116 valence electrons. The van der Waals surface area contributed by atoms with E-state index in [0.717, 1.165) is 44.2 Å². The van der Waals surface area contributed by atoms with E-state index in [2.05, 4.69) is 19.9 Å². The van der Waals surface area contributed by atoms with Gasteiger partial charge in [0.15, 0.2) is 0 Å². The number of piperazine rings is 1. The lowest BCUT2D eigenvalue weighted by molar-refractivity contribution is -0.131. The zero-order chi connectivity index (χ0) is 15.4. The SMILES string of the molecule is Cc1ncsc1CCC(=O)N1CCN(c2ncccn2)CC1. The molecule has 0 aromatic carbocycles. The van der Waals surface area contributed by atoms with Crippen LogP contribution in [0.1, 0.15) is 17.0 Å². The molecule has 2 aromatic rings. The maximum atomic E-state index is 12.3. The summed E-state index contributed by atoms with van der Waals surface area (Å²) in [6.45, 7) is 5.04. The Morgan fingerprint density at radius 3 is 2.55 bits per heavy atom. The van der Waals surface area contributed by atoms with E-state index in [0.29, 0.717) is 6.42 Å². The standard InChI is InChI=1S/C15H19N5OS/c1-12-13(22-11-18-12)3-4-14(21)19-7-9-20(10-8-19)15-16-5-2-6-17-15/h2,5-6,11H,3-4,7-10H2,1H3. The van der Waals surface area contributed by atoms with E-state index in [4.69, 9.17) is 0 Å². The number of rotatable bonds is 4. The van der Waals surface area contributed by atoms with Crippen LogP contribution in [0.3, 0.4) is 0 Å². The highest BCUT2D eigenvalue weighted by Gasteiger charge is 2.22. The van der Waals surface area contributed by atoms with Crippen LogP contribution in [0.2, 0.25) is 0 Å². The van der Waals surface area contributed by atoms with Crippen molar-refractivity contribution in [3.8, 4) is 0 Å². The molecule has 1 aliphatic rings. The van der Waals surface area contributed by atoms with Gasteiger partial charge in [-0.2, -0.15) is 0 Å². The van der Waals surface area contributed by atoms with Crippen LogP contribution in [0.4, 0.5) is 5.95 Å². The highest BCUT2D eigenvalue weighted by atomic mass is 32.1. The third kappa shape index (κ3) is 3.41. The minimum Gasteiger partial charge on any atom is -0.339 e. The number of hydrogen-bond donors (Lipinski definition) is 0. The van der Waals surface area contributed by atoms with Crippen molar-refractivity contribution in [1.82, 2.24) is 19.9 Å². The Kier molecular flexibility index (Phi) is 4.62. The van der Waals surface area contributed by atoms with Crippen molar-refractivity contribution in [3.63, 3.8) is 0 Å². The maximum absolute atomic E-state index is 12.3. The summed E-state index contributed by atoms with van der Waals surface area (Å²) in [5.74, 6) is 0.969. The number of aromatic nitrogens is 3. The Labute approximate surface area is 133 Å². The van der Waals surface area contributed by atoms with Gasteiger partial charge in [-0.25, -0.2) is 15.0 Å². The van der Waals surface area contributed by atoms with Crippen LogP contribution in [-0.4, -0.2) is 51.9 Å². The molecule has 2 aromatic heterocycles. The van der Waals surface area contributed by atoms with Crippen molar-refractivity contribution in [2.24, 2.45) is 0 Å². The summed E-state index contributed by atoms with van der Waals surface area (Å²) in [7, 11) is 0. The van der Waals surface area contributed by atoms with Crippen molar-refractivity contribution in [2.75, 3.05) is 31.1 Å². The molecule has 1 aliphatic heterocycles. The van der Waals surface area contributed by atoms with E-state index in [1.54, 1.807) is 23.7 Å². The Bertz CT molecular complexity index is 622. The molecule has 1 saturated heterocycles. The van der Waals surface area contributed by atoms with Crippen LogP contribution in [0, 0.1) is 6.92 Å². The van der Waals surface area contributed by atoms with E-state index in [-0.39, 0.29) is 5.91 Å². The molecule has 1 amide bonds. The van der Waals surface area contributed by atoms with Crippen molar-refractivity contribution in [3.05, 3.63) is 34.5 Å². The van der Waals surface area contributed by atoms with Gasteiger partial charge in [0.1, 0.15) is 0 Å². The number of thiazole rings is 1. The van der Waals surface area contributed by atoms with Gasteiger partial charge in [0.25, 0.3) is 0 Å². The van der Waals surface area contributed by atoms with Crippen molar-refractivity contribution in [2.45, 2.75) is 19.8 Å². The second-order valence-corrected chi connectivity index (χ2v) is 6.22. The number of aryl methyl sites for hydroxylation is 2. The third-order valence-corrected chi connectivity index (χ3v) is 4.87. The van der Waals surface area contributed by atoms with E-state index in [1.807, 2.05) is 23.4 Å². The van der Waals surface area contributed by atoms with Crippen LogP contribution in [0.5, 0.6) is 0 Å². The van der Waals surface area contributed by atoms with Gasteiger partial charge in [-0.05, 0) is 19.4 Å². The fourth-order valence-electron chi connectivity index (χ4n) is 2.56. The molecule has 1 fully saturated rings. The topological polar surface area (TPSA) is 62.2 Å². The second-order valence-electron chi connectivity index (χ2n) is 5.28. The van der Waals surface area contributed by atoms with Crippen molar-refractivity contribution < 1.29 is 4.79 Å². The first-order chi connectivity index (χ1) is 10.7. The summed E-state index contributed by atoms with van der Waals surface area (Å²) in [6, 6.07) is 1.81. The molecule has 0 unspecified atom stereocenters. The lowest BCUT2D eigenvalue weighted by Crippen LogP contribution is -2.49. The van der Waals surface area contributed by atoms with Gasteiger partial charge < -0.3 is 9.80 Å². The first-order valence-electron chi connectivity index (χ1n) is 7.43. The average Bonchev–Trinajstić information content (AvgIpc) is 2.99. The Morgan fingerprint density at radius 1 is 1.18 bits per heavy atom. The van der Waals surface area contributed by atoms with E-state index in [9.17, 15) is 4.79 Å². The molecule has 0 atom stereocenters. The summed E-state index contributed by atoms with van der Waals surface area (Å²) in [6.07, 6.45) is 4.84. The largest absolute Gasteiger partial charge is 0.339 e. The van der Waals surface area contributed by atoms with Gasteiger partial charge in [0, 0.05) is 49.9 Å². The van der Waals surface area contributed by atoms with Crippen LogP contribution >= 0.6 is 11.3 Å². The number of carbonyl (C=O) groups excluding carboxylic acids is 1. The molecule has 0 bridgehead atoms. The zero-order valence-corrected chi connectivity index (χ0v) is 13.4. The third-order valence-electron chi connectivity index (χ3n) is 3.88. The molecule has 0 spiro atoms. The molecule has 0 radical (unpaired) electrons. The number of nitrogens with zero attached hydrogens (tertiary/aromatic N) is 5. The minimum absolute atomic E-state index is 0.224. The van der Waals surface area contributed by atoms with Gasteiger partial charge >= 0.3 is 0 Å². The molecule has 3 heterocycles. The normalized spacial score (nSPS) is 15.1. The van der Waals surface area contributed by atoms with Crippen molar-refractivity contribution >= 4 is 23.2 Å². The molecule has 0 N–H and O–H groups in total. The predicted octanol–water partition coefficient (Wildman–Crippen LogP) is 1.52. The minimum atomic E-state index is 0.224. The Morgan fingerprint density at radius 2 is 1.91 bits per heavy atom. The average molecular weight is 317 g/mol. The van der Waals surface area contributed by atoms with Gasteiger partial charge in [-0.15, -0.1) is 11.3 Å². The van der Waals surface area contributed by atoms with Gasteiger partial charge in [0.2, 0.25) is 11.9 Å². The molecular formula is C15H19N5OS. The fraction of sp³-hybridized carbons (Fsp3) is 0.467. The molecule has 0 saturated carbocycles. The second kappa shape index (κ2) is 6.83. The van der Waals surface area contributed by atoms with E-state index < -0.39 is 0 Å². The quantitative estimate of drug-likeness (QED) is 0.855. The van der Waals surface area contributed by atoms with Crippen molar-refractivity contribution in [1.29, 1.82) is 0 Å². The number of anilines is 1. The summed E-state index contributed by atoms with van der Waals surface area (Å²) in [5, 5.41) is 0. The first kappa shape index (κ1) is 14.9. The zero-order valence-electron chi connectivity index (χ0n) is 12.6. The molecule has 6 nitrogen and oxygen atoms in total. The Hall–Kier alpha value is -2.02. The highest BCUT2D eigenvalue weighted by molar-refractivity contribution is 7.09. The van der Waals surface area contributed by atoms with E-state index >= 15 is 0 Å².